The van der Waals surface area contributed by atoms with Gasteiger partial charge in [0.15, 0.2) is 9.84 Å². The summed E-state index contributed by atoms with van der Waals surface area (Å²) in [5.74, 6) is -0.476. The van der Waals surface area contributed by atoms with E-state index in [1.807, 2.05) is 19.0 Å². The zero-order valence-corrected chi connectivity index (χ0v) is 13.6. The Bertz CT molecular complexity index is 616. The van der Waals surface area contributed by atoms with Crippen LogP contribution < -0.4 is 4.90 Å². The molecule has 0 aliphatic heterocycles. The van der Waals surface area contributed by atoms with Gasteiger partial charge in [-0.15, -0.1) is 0 Å². The average Bonchev–Trinajstić information content (AvgIpc) is 2.37. The molecule has 0 heterocycles. The molecule has 1 aromatic carbocycles. The molecule has 0 unspecified atom stereocenters. The fraction of sp³-hybridized carbons (Fsp3) is 0.400. The second kappa shape index (κ2) is 7.26. The lowest BCUT2D eigenvalue weighted by Crippen LogP contribution is -2.11. The number of sulfone groups is 1. The number of esters is 1. The molecule has 0 saturated carbocycles. The summed E-state index contributed by atoms with van der Waals surface area (Å²) < 4.78 is 29.3. The minimum absolute atomic E-state index is 0.0877. The number of hydrogen-bond acceptors (Lipinski definition) is 5. The van der Waals surface area contributed by atoms with Gasteiger partial charge in [-0.25, -0.2) is 8.42 Å². The SMILES string of the molecule is CC(=O)OCC=C(C)CS(=O)(=O)c1ccc(N(C)C)cc1. The molecule has 0 aromatic heterocycles. The van der Waals surface area contributed by atoms with Crippen molar-refractivity contribution in [2.24, 2.45) is 0 Å². The fourth-order valence-corrected chi connectivity index (χ4v) is 3.13. The van der Waals surface area contributed by atoms with E-state index in [0.717, 1.165) is 5.69 Å². The van der Waals surface area contributed by atoms with E-state index in [9.17, 15) is 13.2 Å². The van der Waals surface area contributed by atoms with Gasteiger partial charge >= 0.3 is 5.97 Å². The van der Waals surface area contributed by atoms with Crippen molar-refractivity contribution in [3.63, 3.8) is 0 Å². The van der Waals surface area contributed by atoms with Crippen LogP contribution in [0.4, 0.5) is 5.69 Å². The van der Waals surface area contributed by atoms with Crippen molar-refractivity contribution in [3.8, 4) is 0 Å². The largest absolute Gasteiger partial charge is 0.462 e. The van der Waals surface area contributed by atoms with Crippen LogP contribution in [0, 0.1) is 0 Å². The molecule has 5 nitrogen and oxygen atoms in total. The van der Waals surface area contributed by atoms with Gasteiger partial charge in [0.2, 0.25) is 0 Å². The molecule has 1 aromatic rings. The van der Waals surface area contributed by atoms with E-state index in [-0.39, 0.29) is 23.2 Å². The Balaban J connectivity index is 2.79. The summed E-state index contributed by atoms with van der Waals surface area (Å²) >= 11 is 0. The van der Waals surface area contributed by atoms with Crippen molar-refractivity contribution < 1.29 is 17.9 Å². The third-order valence-corrected chi connectivity index (χ3v) is 4.67. The van der Waals surface area contributed by atoms with Crippen LogP contribution >= 0.6 is 0 Å². The molecule has 0 aliphatic carbocycles. The highest BCUT2D eigenvalue weighted by atomic mass is 32.2. The van der Waals surface area contributed by atoms with Gasteiger partial charge in [-0.05, 0) is 37.3 Å². The zero-order valence-electron chi connectivity index (χ0n) is 12.8. The van der Waals surface area contributed by atoms with Crippen LogP contribution in [0.2, 0.25) is 0 Å². The normalized spacial score (nSPS) is 12.1. The predicted molar refractivity (Wildman–Crippen MR) is 83.2 cm³/mol. The summed E-state index contributed by atoms with van der Waals surface area (Å²) in [5.41, 5.74) is 1.59. The van der Waals surface area contributed by atoms with Crippen LogP contribution in [0.3, 0.4) is 0 Å². The van der Waals surface area contributed by atoms with Gasteiger partial charge in [0.1, 0.15) is 6.61 Å². The van der Waals surface area contributed by atoms with E-state index in [1.54, 1.807) is 37.3 Å². The first kappa shape index (κ1) is 17.2. The third kappa shape index (κ3) is 5.59. The third-order valence-electron chi connectivity index (χ3n) is 2.85. The summed E-state index contributed by atoms with van der Waals surface area (Å²) in [5, 5.41) is 0. The fourth-order valence-electron chi connectivity index (χ4n) is 1.69. The van der Waals surface area contributed by atoms with E-state index in [0.29, 0.717) is 5.57 Å². The van der Waals surface area contributed by atoms with Crippen LogP contribution in [-0.4, -0.2) is 40.8 Å². The Morgan fingerprint density at radius 2 is 1.76 bits per heavy atom. The summed E-state index contributed by atoms with van der Waals surface area (Å²) in [6.07, 6.45) is 1.60. The first-order valence-corrected chi connectivity index (χ1v) is 8.17. The highest BCUT2D eigenvalue weighted by Gasteiger charge is 2.15. The molecule has 0 N–H and O–H groups in total. The van der Waals surface area contributed by atoms with Crippen LogP contribution in [0.15, 0.2) is 40.8 Å². The summed E-state index contributed by atoms with van der Waals surface area (Å²) in [4.78, 5) is 12.8. The molecule has 0 spiro atoms. The van der Waals surface area contributed by atoms with Crippen molar-refractivity contribution in [1.82, 2.24) is 0 Å². The average molecular weight is 311 g/mol. The van der Waals surface area contributed by atoms with Crippen LogP contribution in [0.25, 0.3) is 0 Å². The van der Waals surface area contributed by atoms with Crippen LogP contribution in [0.1, 0.15) is 13.8 Å². The number of benzene rings is 1. The van der Waals surface area contributed by atoms with Gasteiger partial charge in [0.05, 0.1) is 10.6 Å². The number of carbonyl (C=O) groups is 1. The van der Waals surface area contributed by atoms with E-state index < -0.39 is 9.84 Å². The van der Waals surface area contributed by atoms with Gasteiger partial charge in [-0.2, -0.15) is 0 Å². The molecule has 0 aliphatic rings. The summed E-state index contributed by atoms with van der Waals surface area (Å²) in [7, 11) is 0.409. The maximum Gasteiger partial charge on any atom is 0.302 e. The Morgan fingerprint density at radius 3 is 2.24 bits per heavy atom. The summed E-state index contributed by atoms with van der Waals surface area (Å²) in [6.45, 7) is 3.11. The maximum absolute atomic E-state index is 12.3. The molecule has 0 amide bonds. The number of rotatable bonds is 6. The number of nitrogens with zero attached hydrogens (tertiary/aromatic N) is 1. The minimum atomic E-state index is -3.38. The molecular formula is C15H21NO4S. The van der Waals surface area contributed by atoms with Crippen molar-refractivity contribution in [1.29, 1.82) is 0 Å². The molecule has 0 saturated heterocycles. The van der Waals surface area contributed by atoms with Crippen LogP contribution in [-0.2, 0) is 19.4 Å². The van der Waals surface area contributed by atoms with Gasteiger partial charge in [-0.3, -0.25) is 4.79 Å². The van der Waals surface area contributed by atoms with E-state index in [2.05, 4.69) is 0 Å². The Kier molecular flexibility index (Phi) is 5.96. The standard InChI is InChI=1S/C15H21NO4S/c1-12(9-10-20-13(2)17)11-21(18,19)15-7-5-14(6-8-15)16(3)4/h5-9H,10-11H2,1-4H3. The maximum atomic E-state index is 12.3. The molecule has 1 rings (SSSR count). The smallest absolute Gasteiger partial charge is 0.302 e. The topological polar surface area (TPSA) is 63.7 Å². The highest BCUT2D eigenvalue weighted by Crippen LogP contribution is 2.18. The predicted octanol–water partition coefficient (Wildman–Crippen LogP) is 2.04. The van der Waals surface area contributed by atoms with Crippen LogP contribution in [0.5, 0.6) is 0 Å². The van der Waals surface area contributed by atoms with E-state index >= 15 is 0 Å². The highest BCUT2D eigenvalue weighted by molar-refractivity contribution is 7.91. The number of anilines is 1. The van der Waals surface area contributed by atoms with Gasteiger partial charge < -0.3 is 9.64 Å². The lowest BCUT2D eigenvalue weighted by atomic mass is 10.3. The van der Waals surface area contributed by atoms with Gasteiger partial charge in [-0.1, -0.05) is 5.57 Å². The quantitative estimate of drug-likeness (QED) is 0.594. The minimum Gasteiger partial charge on any atom is -0.462 e. The summed E-state index contributed by atoms with van der Waals surface area (Å²) in [6, 6.07) is 6.74. The van der Waals surface area contributed by atoms with Crippen molar-refractivity contribution in [2.45, 2.75) is 18.7 Å². The number of carbonyl (C=O) groups excluding carboxylic acids is 1. The number of hydrogen-bond donors (Lipinski definition) is 0. The zero-order chi connectivity index (χ0) is 16.0. The van der Waals surface area contributed by atoms with E-state index in [1.165, 1.54) is 6.92 Å². The Morgan fingerprint density at radius 1 is 1.19 bits per heavy atom. The lowest BCUT2D eigenvalue weighted by molar-refractivity contribution is -0.139. The molecule has 0 fully saturated rings. The van der Waals surface area contributed by atoms with Gasteiger partial charge in [0, 0.05) is 26.7 Å². The molecule has 6 heteroatoms. The lowest BCUT2D eigenvalue weighted by Gasteiger charge is -2.13. The molecule has 0 bridgehead atoms. The molecule has 0 atom stereocenters. The van der Waals surface area contributed by atoms with Gasteiger partial charge in [0.25, 0.3) is 0 Å². The van der Waals surface area contributed by atoms with Crippen molar-refractivity contribution >= 4 is 21.5 Å². The molecule has 21 heavy (non-hydrogen) atoms. The monoisotopic (exact) mass is 311 g/mol. The molecule has 116 valence electrons. The second-order valence-electron chi connectivity index (χ2n) is 5.00. The van der Waals surface area contributed by atoms with E-state index in [4.69, 9.17) is 4.74 Å². The molecule has 0 radical (unpaired) electrons. The second-order valence-corrected chi connectivity index (χ2v) is 6.99. The Hall–Kier alpha value is -1.82. The van der Waals surface area contributed by atoms with Crippen molar-refractivity contribution in [2.75, 3.05) is 31.4 Å². The number of ether oxygens (including phenoxy) is 1. The first-order valence-electron chi connectivity index (χ1n) is 6.51. The first-order chi connectivity index (χ1) is 9.72. The Labute approximate surface area is 126 Å². The molecular weight excluding hydrogens is 290 g/mol. The van der Waals surface area contributed by atoms with Crippen molar-refractivity contribution in [3.05, 3.63) is 35.9 Å².